The number of phenols is 2. The normalized spacial score (nSPS) is 11.1. The predicted molar refractivity (Wildman–Crippen MR) is 126 cm³/mol. The van der Waals surface area contributed by atoms with Gasteiger partial charge in [0.25, 0.3) is 0 Å². The minimum atomic E-state index is -0.0177. The Morgan fingerprint density at radius 2 is 1.35 bits per heavy atom. The summed E-state index contributed by atoms with van der Waals surface area (Å²) in [4.78, 5) is 11.9. The van der Waals surface area contributed by atoms with Crippen molar-refractivity contribution >= 4 is 27.3 Å². The third kappa shape index (κ3) is 3.11. The summed E-state index contributed by atoms with van der Waals surface area (Å²) in [6.07, 6.45) is 0. The molecule has 0 aromatic heterocycles. The average Bonchev–Trinajstić information content (AvgIpc) is 2.79. The maximum absolute atomic E-state index is 11.9. The molecule has 3 nitrogen and oxygen atoms in total. The summed E-state index contributed by atoms with van der Waals surface area (Å²) in [6, 6.07) is 28.3. The molecule has 0 fully saturated rings. The van der Waals surface area contributed by atoms with Gasteiger partial charge in [0.1, 0.15) is 11.5 Å². The Hall–Kier alpha value is -4.11. The molecule has 5 aromatic rings. The zero-order chi connectivity index (χ0) is 21.5. The topological polar surface area (TPSA) is 57.5 Å². The lowest BCUT2D eigenvalue weighted by atomic mass is 9.88. The number of ketones is 1. The standard InChI is InChI=1S/C28H20O3/c1-17(29)19-11-13-23-21(15-19)12-14-25(30)26(23)27-22-10-6-5-9-20(22)16-24(28(27)31)18-7-3-2-4-8-18/h2-16,30-31H,1H3. The van der Waals surface area contributed by atoms with Crippen LogP contribution in [-0.4, -0.2) is 16.0 Å². The van der Waals surface area contributed by atoms with E-state index in [1.165, 1.54) is 6.92 Å². The van der Waals surface area contributed by atoms with Crippen LogP contribution < -0.4 is 0 Å². The Morgan fingerprint density at radius 3 is 2.13 bits per heavy atom. The first-order chi connectivity index (χ1) is 15.0. The second kappa shape index (κ2) is 7.29. The van der Waals surface area contributed by atoms with Gasteiger partial charge < -0.3 is 10.2 Å². The monoisotopic (exact) mass is 404 g/mol. The van der Waals surface area contributed by atoms with Crippen molar-refractivity contribution in [3.8, 4) is 33.8 Å². The van der Waals surface area contributed by atoms with Crippen LogP contribution in [0.15, 0.2) is 91.0 Å². The number of phenolic OH excluding ortho intramolecular Hbond substituents is 2. The highest BCUT2D eigenvalue weighted by Gasteiger charge is 2.20. The Morgan fingerprint density at radius 1 is 0.677 bits per heavy atom. The minimum absolute atomic E-state index is 0.0177. The molecule has 3 heteroatoms. The molecule has 0 aliphatic carbocycles. The van der Waals surface area contributed by atoms with Crippen LogP contribution in [0.1, 0.15) is 17.3 Å². The van der Waals surface area contributed by atoms with Crippen LogP contribution in [-0.2, 0) is 0 Å². The van der Waals surface area contributed by atoms with Gasteiger partial charge in [-0.2, -0.15) is 0 Å². The Kier molecular flexibility index (Phi) is 4.45. The molecule has 0 bridgehead atoms. The summed E-state index contributed by atoms with van der Waals surface area (Å²) in [6.45, 7) is 1.53. The van der Waals surface area contributed by atoms with Crippen molar-refractivity contribution in [3.05, 3.63) is 96.6 Å². The van der Waals surface area contributed by atoms with E-state index in [4.69, 9.17) is 0 Å². The molecule has 0 heterocycles. The fourth-order valence-electron chi connectivity index (χ4n) is 4.23. The second-order valence-corrected chi connectivity index (χ2v) is 7.69. The van der Waals surface area contributed by atoms with Crippen molar-refractivity contribution in [2.24, 2.45) is 0 Å². The maximum Gasteiger partial charge on any atom is 0.159 e. The number of fused-ring (bicyclic) bond motifs is 2. The number of aromatic hydroxyl groups is 2. The molecule has 0 aliphatic heterocycles. The van der Waals surface area contributed by atoms with Gasteiger partial charge in [0.2, 0.25) is 0 Å². The smallest absolute Gasteiger partial charge is 0.159 e. The second-order valence-electron chi connectivity index (χ2n) is 7.69. The molecule has 31 heavy (non-hydrogen) atoms. The predicted octanol–water partition coefficient (Wildman–Crippen LogP) is 6.94. The van der Waals surface area contributed by atoms with Gasteiger partial charge in [-0.25, -0.2) is 0 Å². The SMILES string of the molecule is CC(=O)c1ccc2c(-c3c(O)c(-c4ccccc4)cc4ccccc34)c(O)ccc2c1. The van der Waals surface area contributed by atoms with E-state index in [2.05, 4.69) is 0 Å². The summed E-state index contributed by atoms with van der Waals surface area (Å²) in [5.41, 5.74) is 3.34. The fourth-order valence-corrected chi connectivity index (χ4v) is 4.23. The molecule has 0 unspecified atom stereocenters. The maximum atomic E-state index is 11.9. The molecule has 0 spiro atoms. The summed E-state index contributed by atoms with van der Waals surface area (Å²) in [7, 11) is 0. The summed E-state index contributed by atoms with van der Waals surface area (Å²) in [5.74, 6) is 0.174. The molecule has 0 aliphatic rings. The Bertz CT molecular complexity index is 1470. The number of carbonyl (C=O) groups excluding carboxylic acids is 1. The van der Waals surface area contributed by atoms with E-state index < -0.39 is 0 Å². The first-order valence-corrected chi connectivity index (χ1v) is 10.1. The van der Waals surface area contributed by atoms with Gasteiger partial charge in [-0.3, -0.25) is 4.79 Å². The van der Waals surface area contributed by atoms with Crippen LogP contribution in [0.3, 0.4) is 0 Å². The largest absolute Gasteiger partial charge is 0.507 e. The number of hydrogen-bond donors (Lipinski definition) is 2. The van der Waals surface area contributed by atoms with Crippen LogP contribution >= 0.6 is 0 Å². The van der Waals surface area contributed by atoms with E-state index in [-0.39, 0.29) is 17.3 Å². The Labute approximate surface area is 179 Å². The summed E-state index contributed by atoms with van der Waals surface area (Å²) < 4.78 is 0. The van der Waals surface area contributed by atoms with Gasteiger partial charge in [-0.1, -0.05) is 72.8 Å². The summed E-state index contributed by atoms with van der Waals surface area (Å²) in [5, 5.41) is 25.8. The zero-order valence-corrected chi connectivity index (χ0v) is 17.0. The first kappa shape index (κ1) is 18.9. The van der Waals surface area contributed by atoms with E-state index in [0.29, 0.717) is 22.3 Å². The van der Waals surface area contributed by atoms with Crippen molar-refractivity contribution in [3.63, 3.8) is 0 Å². The molecule has 5 rings (SSSR count). The third-order valence-corrected chi connectivity index (χ3v) is 5.76. The first-order valence-electron chi connectivity index (χ1n) is 10.1. The average molecular weight is 404 g/mol. The van der Waals surface area contributed by atoms with Crippen molar-refractivity contribution < 1.29 is 15.0 Å². The van der Waals surface area contributed by atoms with Crippen molar-refractivity contribution in [2.75, 3.05) is 0 Å². The molecule has 150 valence electrons. The summed E-state index contributed by atoms with van der Waals surface area (Å²) >= 11 is 0. The molecule has 0 saturated heterocycles. The molecular weight excluding hydrogens is 384 g/mol. The van der Waals surface area contributed by atoms with Crippen LogP contribution in [0.2, 0.25) is 0 Å². The van der Waals surface area contributed by atoms with Crippen LogP contribution in [0, 0.1) is 0 Å². The van der Waals surface area contributed by atoms with Gasteiger partial charge in [-0.05, 0) is 52.2 Å². The van der Waals surface area contributed by atoms with E-state index in [1.54, 1.807) is 18.2 Å². The fraction of sp³-hybridized carbons (Fsp3) is 0.0357. The molecular formula is C28H20O3. The highest BCUT2D eigenvalue weighted by atomic mass is 16.3. The molecule has 2 N–H and O–H groups in total. The third-order valence-electron chi connectivity index (χ3n) is 5.76. The zero-order valence-electron chi connectivity index (χ0n) is 17.0. The Balaban J connectivity index is 1.91. The van der Waals surface area contributed by atoms with E-state index in [9.17, 15) is 15.0 Å². The van der Waals surface area contributed by atoms with Gasteiger partial charge in [0.05, 0.1) is 0 Å². The number of benzene rings is 5. The van der Waals surface area contributed by atoms with Crippen molar-refractivity contribution in [2.45, 2.75) is 6.92 Å². The quantitative estimate of drug-likeness (QED) is 0.320. The van der Waals surface area contributed by atoms with Crippen LogP contribution in [0.5, 0.6) is 11.5 Å². The number of carbonyl (C=O) groups is 1. The minimum Gasteiger partial charge on any atom is -0.507 e. The van der Waals surface area contributed by atoms with Gasteiger partial charge >= 0.3 is 0 Å². The van der Waals surface area contributed by atoms with Crippen molar-refractivity contribution in [1.29, 1.82) is 0 Å². The van der Waals surface area contributed by atoms with Crippen LogP contribution in [0.4, 0.5) is 0 Å². The highest BCUT2D eigenvalue weighted by Crippen LogP contribution is 2.48. The van der Waals surface area contributed by atoms with E-state index >= 15 is 0 Å². The van der Waals surface area contributed by atoms with Gasteiger partial charge in [0, 0.05) is 22.3 Å². The molecule has 0 amide bonds. The highest BCUT2D eigenvalue weighted by molar-refractivity contribution is 6.12. The van der Waals surface area contributed by atoms with Crippen molar-refractivity contribution in [1.82, 2.24) is 0 Å². The lowest BCUT2D eigenvalue weighted by Gasteiger charge is -2.17. The van der Waals surface area contributed by atoms with E-state index in [0.717, 1.165) is 27.1 Å². The number of hydrogen-bond acceptors (Lipinski definition) is 3. The van der Waals surface area contributed by atoms with Crippen LogP contribution in [0.25, 0.3) is 43.8 Å². The molecule has 0 atom stereocenters. The molecule has 5 aromatic carbocycles. The van der Waals surface area contributed by atoms with E-state index in [1.807, 2.05) is 72.8 Å². The lowest BCUT2D eigenvalue weighted by molar-refractivity contribution is 0.101. The molecule has 0 radical (unpaired) electrons. The molecule has 0 saturated carbocycles. The number of Topliss-reactive ketones (excluding diaryl/α,β-unsaturated/α-hetero) is 1. The van der Waals surface area contributed by atoms with Gasteiger partial charge in [-0.15, -0.1) is 0 Å². The van der Waals surface area contributed by atoms with Gasteiger partial charge in [0.15, 0.2) is 5.78 Å². The number of rotatable bonds is 3. The lowest BCUT2D eigenvalue weighted by Crippen LogP contribution is -1.93.